The number of rotatable bonds is 5. The highest BCUT2D eigenvalue weighted by Crippen LogP contribution is 2.62. The molecule has 1 aliphatic heterocycles. The molecule has 3 heterocycles. The van der Waals surface area contributed by atoms with Crippen molar-refractivity contribution >= 4 is 22.4 Å². The number of nitrogens with one attached hydrogen (secondary N) is 1. The van der Waals surface area contributed by atoms with Crippen LogP contribution in [0.4, 0.5) is 9.52 Å². The normalized spacial score (nSPS) is 27.4. The van der Waals surface area contributed by atoms with E-state index in [0.717, 1.165) is 24.1 Å². The van der Waals surface area contributed by atoms with Crippen LogP contribution in [0.3, 0.4) is 0 Å². The van der Waals surface area contributed by atoms with Crippen molar-refractivity contribution in [2.75, 3.05) is 11.9 Å². The van der Waals surface area contributed by atoms with Gasteiger partial charge in [-0.05, 0) is 36.5 Å². The summed E-state index contributed by atoms with van der Waals surface area (Å²) in [5.41, 5.74) is 2.05. The van der Waals surface area contributed by atoms with E-state index in [-0.39, 0.29) is 17.9 Å². The molecule has 8 heteroatoms. The molecule has 0 aromatic carbocycles. The molecule has 138 valence electrons. The van der Waals surface area contributed by atoms with Crippen molar-refractivity contribution < 1.29 is 14.3 Å². The molecule has 3 atom stereocenters. The summed E-state index contributed by atoms with van der Waals surface area (Å²) in [5.74, 6) is -0.283. The maximum absolute atomic E-state index is 14.2. The highest BCUT2D eigenvalue weighted by atomic mass is 32.1. The molecular weight excluding hydrogens is 355 g/mol. The second-order valence-corrected chi connectivity index (χ2v) is 8.30. The average molecular weight is 376 g/mol. The van der Waals surface area contributed by atoms with E-state index >= 15 is 0 Å². The Morgan fingerprint density at radius 2 is 2.38 bits per heavy atom. The lowest BCUT2D eigenvalue weighted by atomic mass is 9.92. The van der Waals surface area contributed by atoms with Gasteiger partial charge in [0.25, 0.3) is 0 Å². The van der Waals surface area contributed by atoms with Crippen LogP contribution in [0, 0.1) is 11.9 Å². The molecule has 2 N–H and O–H groups in total. The van der Waals surface area contributed by atoms with E-state index in [1.54, 1.807) is 6.20 Å². The number of likely N-dealkylation sites (tertiary alicyclic amines) is 1. The minimum atomic E-state index is -0.516. The van der Waals surface area contributed by atoms with Crippen LogP contribution in [0.5, 0.6) is 0 Å². The minimum Gasteiger partial charge on any atom is -0.392 e. The molecule has 26 heavy (non-hydrogen) atoms. The van der Waals surface area contributed by atoms with E-state index in [1.165, 1.54) is 18.3 Å². The summed E-state index contributed by atoms with van der Waals surface area (Å²) in [6, 6.07) is 2.18. The molecule has 6 nitrogen and oxygen atoms in total. The van der Waals surface area contributed by atoms with Crippen LogP contribution in [0.25, 0.3) is 0 Å². The van der Waals surface area contributed by atoms with Crippen molar-refractivity contribution in [1.29, 1.82) is 0 Å². The van der Waals surface area contributed by atoms with Gasteiger partial charge in [0.15, 0.2) is 5.13 Å². The molecule has 4 rings (SSSR count). The summed E-state index contributed by atoms with van der Waals surface area (Å²) in [5, 5.41) is 12.5. The van der Waals surface area contributed by atoms with Crippen LogP contribution in [0.2, 0.25) is 0 Å². The Morgan fingerprint density at radius 1 is 1.58 bits per heavy atom. The number of anilines is 1. The van der Waals surface area contributed by atoms with Crippen LogP contribution in [0.1, 0.15) is 36.3 Å². The number of nitrogens with zero attached hydrogens (tertiary/aromatic N) is 3. The van der Waals surface area contributed by atoms with Gasteiger partial charge in [-0.2, -0.15) is 9.37 Å². The zero-order chi connectivity index (χ0) is 18.5. The van der Waals surface area contributed by atoms with E-state index in [1.807, 2.05) is 12.3 Å². The van der Waals surface area contributed by atoms with E-state index in [4.69, 9.17) is 0 Å². The number of pyridine rings is 1. The number of hydrogen-bond acceptors (Lipinski definition) is 6. The lowest BCUT2D eigenvalue weighted by Gasteiger charge is -2.25. The maximum atomic E-state index is 14.2. The second-order valence-electron chi connectivity index (χ2n) is 7.22. The van der Waals surface area contributed by atoms with Gasteiger partial charge in [0.05, 0.1) is 11.5 Å². The van der Waals surface area contributed by atoms with E-state index < -0.39 is 5.95 Å². The number of aromatic nitrogens is 2. The number of fused-ring (bicyclic) bond motifs is 1. The van der Waals surface area contributed by atoms with Gasteiger partial charge in [0.1, 0.15) is 0 Å². The smallest absolute Gasteiger partial charge is 0.230 e. The number of piperidine rings is 1. The topological polar surface area (TPSA) is 78.4 Å². The van der Waals surface area contributed by atoms with Crippen LogP contribution in [-0.2, 0) is 23.4 Å². The molecule has 0 radical (unpaired) electrons. The second kappa shape index (κ2) is 6.37. The molecule has 1 saturated carbocycles. The number of thiazole rings is 1. The summed E-state index contributed by atoms with van der Waals surface area (Å²) < 4.78 is 14.2. The van der Waals surface area contributed by atoms with E-state index in [9.17, 15) is 14.3 Å². The maximum Gasteiger partial charge on any atom is 0.230 e. The van der Waals surface area contributed by atoms with Gasteiger partial charge in [-0.1, -0.05) is 11.3 Å². The lowest BCUT2D eigenvalue weighted by Crippen LogP contribution is -2.31. The molecular formula is C18H21FN4O2S. The number of carbonyl (C=O) groups is 1. The fourth-order valence-corrected chi connectivity index (χ4v) is 5.25. The van der Waals surface area contributed by atoms with Crippen molar-refractivity contribution in [3.8, 4) is 0 Å². The Bertz CT molecular complexity index is 857. The summed E-state index contributed by atoms with van der Waals surface area (Å²) in [6.45, 7) is 4.83. The molecule has 1 saturated heterocycles. The van der Waals surface area contributed by atoms with Gasteiger partial charge >= 0.3 is 0 Å². The van der Waals surface area contributed by atoms with Gasteiger partial charge < -0.3 is 10.4 Å². The van der Waals surface area contributed by atoms with Crippen molar-refractivity contribution in [3.63, 3.8) is 0 Å². The third kappa shape index (κ3) is 2.82. The van der Waals surface area contributed by atoms with Crippen LogP contribution >= 0.6 is 11.3 Å². The number of hydrogen-bond donors (Lipinski definition) is 2. The van der Waals surface area contributed by atoms with Crippen molar-refractivity contribution in [1.82, 2.24) is 14.9 Å². The summed E-state index contributed by atoms with van der Waals surface area (Å²) in [4.78, 5) is 22.0. The Balaban J connectivity index is 1.54. The van der Waals surface area contributed by atoms with Crippen molar-refractivity contribution in [2.45, 2.75) is 44.9 Å². The largest absolute Gasteiger partial charge is 0.392 e. The fourth-order valence-electron chi connectivity index (χ4n) is 4.33. The first-order chi connectivity index (χ1) is 12.4. The molecule has 2 aromatic heterocycles. The number of carbonyl (C=O) groups excluding carboxylic acids is 1. The molecule has 2 fully saturated rings. The number of aliphatic hydroxyl groups is 1. The summed E-state index contributed by atoms with van der Waals surface area (Å²) >= 11 is 1.18. The number of halogens is 1. The van der Waals surface area contributed by atoms with Gasteiger partial charge in [-0.25, -0.2) is 0 Å². The monoisotopic (exact) mass is 376 g/mol. The third-order valence-electron chi connectivity index (χ3n) is 5.67. The first-order valence-electron chi connectivity index (χ1n) is 8.65. The summed E-state index contributed by atoms with van der Waals surface area (Å²) in [6.07, 6.45) is 4.64. The molecule has 0 bridgehead atoms. The van der Waals surface area contributed by atoms with Gasteiger partial charge in [-0.15, -0.1) is 0 Å². The third-order valence-corrected chi connectivity index (χ3v) is 6.61. The van der Waals surface area contributed by atoms with Gasteiger partial charge in [0.2, 0.25) is 11.9 Å². The van der Waals surface area contributed by atoms with Crippen LogP contribution in [-0.4, -0.2) is 38.5 Å². The predicted molar refractivity (Wildman–Crippen MR) is 96.2 cm³/mol. The number of amides is 1. The Hall–Kier alpha value is -1.90. The zero-order valence-corrected chi connectivity index (χ0v) is 15.5. The zero-order valence-electron chi connectivity index (χ0n) is 14.7. The molecule has 2 aromatic rings. The lowest BCUT2D eigenvalue weighted by molar-refractivity contribution is -0.114. The van der Waals surface area contributed by atoms with E-state index in [2.05, 4.69) is 27.1 Å². The quantitative estimate of drug-likeness (QED) is 0.837. The first kappa shape index (κ1) is 17.5. The summed E-state index contributed by atoms with van der Waals surface area (Å²) in [7, 11) is 0. The van der Waals surface area contributed by atoms with Gasteiger partial charge in [-0.3, -0.25) is 14.7 Å². The Kier molecular flexibility index (Phi) is 4.29. The highest BCUT2D eigenvalue weighted by molar-refractivity contribution is 7.15. The van der Waals surface area contributed by atoms with E-state index in [0.29, 0.717) is 28.5 Å². The molecule has 0 spiro atoms. The first-order valence-corrected chi connectivity index (χ1v) is 9.47. The molecule has 2 aliphatic rings. The van der Waals surface area contributed by atoms with Crippen molar-refractivity contribution in [3.05, 3.63) is 40.4 Å². The molecule has 1 amide bonds. The Labute approximate surface area is 155 Å². The fraction of sp³-hybridized carbons (Fsp3) is 0.500. The number of aliphatic hydroxyl groups excluding tert-OH is 1. The van der Waals surface area contributed by atoms with Crippen LogP contribution in [0.15, 0.2) is 18.5 Å². The average Bonchev–Trinajstić information content (AvgIpc) is 3.15. The molecule has 1 aliphatic carbocycles. The minimum absolute atomic E-state index is 0.00422. The van der Waals surface area contributed by atoms with Crippen molar-refractivity contribution in [2.24, 2.45) is 5.92 Å². The van der Waals surface area contributed by atoms with Crippen LogP contribution < -0.4 is 5.32 Å². The highest BCUT2D eigenvalue weighted by Gasteiger charge is 2.64. The standard InChI is InChI=1S/C18H21FN4O2S/c1-10-13-5-18(13,14-6-20-4-3-12(14)8-24)9-23(10)7-15-16(19)22-17(26-15)21-11(2)25/h3-4,6,10,13,24H,5,7-9H2,1-2H3,(H,21,22,25)/t10-,13?,18+/m0/s1. The molecule has 1 unspecified atom stereocenters. The predicted octanol–water partition coefficient (Wildman–Crippen LogP) is 2.29. The SMILES string of the molecule is CC(=O)Nc1nc(F)c(CN2C[C@]3(c4cnccc4CO)CC3[C@@H]2C)s1. The Morgan fingerprint density at radius 3 is 3.12 bits per heavy atom. The van der Waals surface area contributed by atoms with Gasteiger partial charge in [0, 0.05) is 43.9 Å².